The molecule has 130 valence electrons. The maximum atomic E-state index is 13.1. The summed E-state index contributed by atoms with van der Waals surface area (Å²) in [7, 11) is 0. The van der Waals surface area contributed by atoms with E-state index in [2.05, 4.69) is 36.3 Å². The number of H-pyrrole nitrogens is 1. The van der Waals surface area contributed by atoms with Gasteiger partial charge in [-0.2, -0.15) is 5.10 Å². The van der Waals surface area contributed by atoms with Crippen molar-refractivity contribution >= 4 is 28.2 Å². The van der Waals surface area contributed by atoms with Crippen LogP contribution in [0.5, 0.6) is 0 Å². The predicted molar refractivity (Wildman–Crippen MR) is 102 cm³/mol. The van der Waals surface area contributed by atoms with Gasteiger partial charge in [0.15, 0.2) is 0 Å². The summed E-state index contributed by atoms with van der Waals surface area (Å²) in [5.74, 6) is 0.00655. The normalized spacial score (nSPS) is 11.7. The Hall–Kier alpha value is -2.66. The molecule has 0 saturated carbocycles. The van der Waals surface area contributed by atoms with Crippen molar-refractivity contribution in [1.82, 2.24) is 15.5 Å². The molecule has 5 heteroatoms. The van der Waals surface area contributed by atoms with Crippen LogP contribution in [0.1, 0.15) is 26.3 Å². The third-order valence-corrected chi connectivity index (χ3v) is 4.06. The molecular weight excluding hydrogens is 312 g/mol. The molecule has 0 unspecified atom stereocenters. The number of aromatic nitrogens is 2. The Morgan fingerprint density at radius 2 is 1.96 bits per heavy atom. The fourth-order valence-corrected chi connectivity index (χ4v) is 2.72. The molecule has 0 radical (unpaired) electrons. The molecule has 5 nitrogen and oxygen atoms in total. The van der Waals surface area contributed by atoms with Crippen LogP contribution in [0.4, 0.5) is 11.4 Å². The molecule has 0 aliphatic heterocycles. The third-order valence-electron chi connectivity index (χ3n) is 4.06. The number of amides is 1. The van der Waals surface area contributed by atoms with E-state index in [1.54, 1.807) is 11.1 Å². The second kappa shape index (κ2) is 6.69. The van der Waals surface area contributed by atoms with E-state index in [1.165, 1.54) is 0 Å². The van der Waals surface area contributed by atoms with Gasteiger partial charge >= 0.3 is 0 Å². The quantitative estimate of drug-likeness (QED) is 0.759. The Morgan fingerprint density at radius 1 is 1.20 bits per heavy atom. The minimum absolute atomic E-state index is 0.00655. The highest BCUT2D eigenvalue weighted by Crippen LogP contribution is 2.30. The lowest BCUT2D eigenvalue weighted by Crippen LogP contribution is -2.43. The summed E-state index contributed by atoms with van der Waals surface area (Å²) < 4.78 is 0. The first kappa shape index (κ1) is 17.2. The zero-order valence-corrected chi connectivity index (χ0v) is 15.1. The first-order valence-corrected chi connectivity index (χ1v) is 8.42. The number of benzene rings is 2. The summed E-state index contributed by atoms with van der Waals surface area (Å²) in [6.07, 6.45) is 1.77. The van der Waals surface area contributed by atoms with E-state index in [4.69, 9.17) is 0 Å². The van der Waals surface area contributed by atoms with Crippen LogP contribution < -0.4 is 10.2 Å². The van der Waals surface area contributed by atoms with E-state index in [1.807, 2.05) is 49.4 Å². The molecule has 0 aliphatic rings. The number of aromatic amines is 1. The van der Waals surface area contributed by atoms with Crippen LogP contribution >= 0.6 is 0 Å². The molecule has 0 spiro atoms. The number of hydrogen-bond acceptors (Lipinski definition) is 3. The van der Waals surface area contributed by atoms with Crippen molar-refractivity contribution in [3.05, 3.63) is 54.2 Å². The fraction of sp³-hybridized carbons (Fsp3) is 0.300. The summed E-state index contributed by atoms with van der Waals surface area (Å²) >= 11 is 0. The Labute approximate surface area is 148 Å². The van der Waals surface area contributed by atoms with E-state index in [9.17, 15) is 4.79 Å². The van der Waals surface area contributed by atoms with Gasteiger partial charge in [0.25, 0.3) is 0 Å². The second-order valence-corrected chi connectivity index (χ2v) is 7.26. The molecule has 2 aromatic carbocycles. The van der Waals surface area contributed by atoms with Crippen molar-refractivity contribution in [1.29, 1.82) is 0 Å². The molecule has 2 N–H and O–H groups in total. The highest BCUT2D eigenvalue weighted by atomic mass is 16.2. The summed E-state index contributed by atoms with van der Waals surface area (Å²) in [6, 6.07) is 13.8. The van der Waals surface area contributed by atoms with Crippen molar-refractivity contribution in [2.75, 3.05) is 11.4 Å². The molecule has 0 atom stereocenters. The Balaban J connectivity index is 2.02. The average Bonchev–Trinajstić information content (AvgIpc) is 3.02. The van der Waals surface area contributed by atoms with Gasteiger partial charge in [0.05, 0.1) is 23.9 Å². The molecule has 1 heterocycles. The smallest absolute Gasteiger partial charge is 0.245 e. The van der Waals surface area contributed by atoms with Crippen molar-refractivity contribution < 1.29 is 4.79 Å². The first-order valence-electron chi connectivity index (χ1n) is 8.42. The van der Waals surface area contributed by atoms with Crippen LogP contribution in [0.2, 0.25) is 0 Å². The van der Waals surface area contributed by atoms with Crippen molar-refractivity contribution in [3.63, 3.8) is 0 Å². The largest absolute Gasteiger partial charge is 0.304 e. The lowest BCUT2D eigenvalue weighted by Gasteiger charge is -2.27. The summed E-state index contributed by atoms with van der Waals surface area (Å²) in [6.45, 7) is 8.44. The van der Waals surface area contributed by atoms with Crippen molar-refractivity contribution in [3.8, 4) is 0 Å². The Bertz CT molecular complexity index is 892. The van der Waals surface area contributed by atoms with Gasteiger partial charge in [-0.1, -0.05) is 18.2 Å². The van der Waals surface area contributed by atoms with Gasteiger partial charge in [-0.3, -0.25) is 14.8 Å². The summed E-state index contributed by atoms with van der Waals surface area (Å²) in [4.78, 5) is 14.8. The number of nitrogens with one attached hydrogen (secondary N) is 2. The third kappa shape index (κ3) is 3.88. The van der Waals surface area contributed by atoms with Crippen LogP contribution in [0.15, 0.2) is 48.7 Å². The molecule has 0 bridgehead atoms. The van der Waals surface area contributed by atoms with Crippen LogP contribution in [0, 0.1) is 6.92 Å². The molecule has 0 saturated heterocycles. The van der Waals surface area contributed by atoms with E-state index < -0.39 is 0 Å². The number of nitrogens with zero attached hydrogens (tertiary/aromatic N) is 2. The Morgan fingerprint density at radius 3 is 2.68 bits per heavy atom. The number of rotatable bonds is 4. The van der Waals surface area contributed by atoms with Gasteiger partial charge in [-0.05, 0) is 57.5 Å². The summed E-state index contributed by atoms with van der Waals surface area (Å²) in [5, 5.41) is 11.3. The van der Waals surface area contributed by atoms with Gasteiger partial charge in [-0.25, -0.2) is 0 Å². The van der Waals surface area contributed by atoms with E-state index in [-0.39, 0.29) is 18.0 Å². The van der Waals surface area contributed by atoms with Crippen LogP contribution in [0.3, 0.4) is 0 Å². The summed E-state index contributed by atoms with van der Waals surface area (Å²) in [5.41, 5.74) is 3.62. The molecule has 0 aliphatic carbocycles. The molecule has 25 heavy (non-hydrogen) atoms. The maximum Gasteiger partial charge on any atom is 0.245 e. The zero-order chi connectivity index (χ0) is 18.0. The molecule has 3 aromatic rings. The average molecular weight is 336 g/mol. The fourth-order valence-electron chi connectivity index (χ4n) is 2.72. The molecule has 1 amide bonds. The maximum absolute atomic E-state index is 13.1. The Kier molecular flexibility index (Phi) is 4.59. The minimum Gasteiger partial charge on any atom is -0.304 e. The number of carbonyl (C=O) groups excluding carboxylic acids is 1. The number of fused-ring (bicyclic) bond motifs is 1. The van der Waals surface area contributed by atoms with Gasteiger partial charge < -0.3 is 5.32 Å². The van der Waals surface area contributed by atoms with Crippen LogP contribution in [-0.4, -0.2) is 28.2 Å². The highest BCUT2D eigenvalue weighted by molar-refractivity contribution is 6.03. The number of para-hydroxylation sites is 1. The lowest BCUT2D eigenvalue weighted by molar-refractivity contribution is -0.117. The monoisotopic (exact) mass is 336 g/mol. The molecule has 1 aromatic heterocycles. The number of anilines is 2. The number of hydrogen-bond donors (Lipinski definition) is 2. The highest BCUT2D eigenvalue weighted by Gasteiger charge is 2.21. The predicted octanol–water partition coefficient (Wildman–Crippen LogP) is 3.92. The molecule has 0 fully saturated rings. The number of carbonyl (C=O) groups is 1. The standard InChI is InChI=1S/C20H24N4O/c1-14-7-5-6-8-18(14)24(19(25)13-21-20(2,3)4)16-9-10-17-15(11-16)12-22-23-17/h5-12,21H,13H2,1-4H3,(H,22,23). The number of aryl methyl sites for hydroxylation is 1. The topological polar surface area (TPSA) is 61.0 Å². The molecule has 3 rings (SSSR count). The lowest BCUT2D eigenvalue weighted by atomic mass is 10.1. The second-order valence-electron chi connectivity index (χ2n) is 7.26. The van der Waals surface area contributed by atoms with E-state index >= 15 is 0 Å². The van der Waals surface area contributed by atoms with Crippen LogP contribution in [0.25, 0.3) is 10.9 Å². The van der Waals surface area contributed by atoms with Crippen molar-refractivity contribution in [2.45, 2.75) is 33.2 Å². The van der Waals surface area contributed by atoms with Crippen LogP contribution in [-0.2, 0) is 4.79 Å². The first-order chi connectivity index (χ1) is 11.8. The zero-order valence-electron chi connectivity index (χ0n) is 15.1. The van der Waals surface area contributed by atoms with Gasteiger partial charge in [0.1, 0.15) is 0 Å². The van der Waals surface area contributed by atoms with Gasteiger partial charge in [0, 0.05) is 16.6 Å². The van der Waals surface area contributed by atoms with Crippen molar-refractivity contribution in [2.24, 2.45) is 0 Å². The minimum atomic E-state index is -0.123. The van der Waals surface area contributed by atoms with E-state index in [0.717, 1.165) is 27.8 Å². The SMILES string of the molecule is Cc1ccccc1N(C(=O)CNC(C)(C)C)c1ccc2[nH]ncc2c1. The molecular formula is C20H24N4O. The van der Waals surface area contributed by atoms with E-state index in [0.29, 0.717) is 0 Å². The van der Waals surface area contributed by atoms with Gasteiger partial charge in [-0.15, -0.1) is 0 Å². The van der Waals surface area contributed by atoms with Gasteiger partial charge in [0.2, 0.25) is 5.91 Å².